The van der Waals surface area contributed by atoms with Crippen molar-refractivity contribution in [3.63, 3.8) is 0 Å². The molecular formula is C15H25ClN2O. The highest BCUT2D eigenvalue weighted by molar-refractivity contribution is 6.31. The Morgan fingerprint density at radius 3 is 2.58 bits per heavy atom. The zero-order valence-electron chi connectivity index (χ0n) is 12.5. The summed E-state index contributed by atoms with van der Waals surface area (Å²) in [5.74, 6) is 0. The normalized spacial score (nSPS) is 12.8. The molecule has 0 heterocycles. The van der Waals surface area contributed by atoms with Crippen LogP contribution in [0, 0.1) is 0 Å². The third kappa shape index (κ3) is 4.68. The predicted octanol–water partition coefficient (Wildman–Crippen LogP) is 3.31. The Balaban J connectivity index is 2.95. The number of hydrogen-bond donors (Lipinski definition) is 1. The van der Waals surface area contributed by atoms with Crippen molar-refractivity contribution in [1.82, 2.24) is 5.32 Å². The van der Waals surface area contributed by atoms with Gasteiger partial charge in [-0.3, -0.25) is 0 Å². The molecule has 0 saturated heterocycles. The number of rotatable bonds is 7. The molecule has 0 spiro atoms. The first kappa shape index (κ1) is 16.3. The molecule has 1 aromatic carbocycles. The zero-order chi connectivity index (χ0) is 14.4. The van der Waals surface area contributed by atoms with Gasteiger partial charge in [0.05, 0.1) is 6.61 Å². The summed E-state index contributed by atoms with van der Waals surface area (Å²) in [7, 11) is 3.80. The van der Waals surface area contributed by atoms with E-state index in [9.17, 15) is 0 Å². The van der Waals surface area contributed by atoms with E-state index in [1.54, 1.807) is 7.11 Å². The first-order valence-corrected chi connectivity index (χ1v) is 7.07. The van der Waals surface area contributed by atoms with E-state index < -0.39 is 0 Å². The molecule has 0 saturated carbocycles. The Morgan fingerprint density at radius 2 is 2.00 bits per heavy atom. The topological polar surface area (TPSA) is 24.5 Å². The summed E-state index contributed by atoms with van der Waals surface area (Å²) < 4.78 is 5.22. The number of benzene rings is 1. The monoisotopic (exact) mass is 284 g/mol. The molecule has 1 atom stereocenters. The summed E-state index contributed by atoms with van der Waals surface area (Å²) in [6.45, 7) is 7.88. The highest BCUT2D eigenvalue weighted by atomic mass is 35.5. The second kappa shape index (κ2) is 7.73. The van der Waals surface area contributed by atoms with Crippen LogP contribution in [0.15, 0.2) is 18.2 Å². The molecular weight excluding hydrogens is 260 g/mol. The third-order valence-corrected chi connectivity index (χ3v) is 3.58. The smallest absolute Gasteiger partial charge is 0.0663 e. The average Bonchev–Trinajstić information content (AvgIpc) is 2.36. The van der Waals surface area contributed by atoms with Gasteiger partial charge in [0, 0.05) is 49.1 Å². The highest BCUT2D eigenvalue weighted by Gasteiger charge is 2.15. The second-order valence-electron chi connectivity index (χ2n) is 5.19. The van der Waals surface area contributed by atoms with E-state index in [-0.39, 0.29) is 0 Å². The number of halogens is 1. The quantitative estimate of drug-likeness (QED) is 0.831. The molecule has 1 rings (SSSR count). The van der Waals surface area contributed by atoms with Crippen molar-refractivity contribution in [1.29, 1.82) is 0 Å². The van der Waals surface area contributed by atoms with Gasteiger partial charge < -0.3 is 15.0 Å². The van der Waals surface area contributed by atoms with E-state index in [2.05, 4.69) is 44.1 Å². The van der Waals surface area contributed by atoms with Gasteiger partial charge in [0.15, 0.2) is 0 Å². The van der Waals surface area contributed by atoms with Crippen molar-refractivity contribution in [2.24, 2.45) is 0 Å². The van der Waals surface area contributed by atoms with E-state index in [0.717, 1.165) is 22.8 Å². The van der Waals surface area contributed by atoms with Gasteiger partial charge in [0.1, 0.15) is 0 Å². The van der Waals surface area contributed by atoms with Crippen molar-refractivity contribution >= 4 is 17.3 Å². The number of nitrogens with one attached hydrogen (secondary N) is 1. The van der Waals surface area contributed by atoms with Crippen LogP contribution in [-0.2, 0) is 11.3 Å². The molecule has 0 fully saturated rings. The van der Waals surface area contributed by atoms with E-state index in [1.807, 2.05) is 12.1 Å². The maximum absolute atomic E-state index is 6.34. The van der Waals surface area contributed by atoms with Crippen LogP contribution in [0.5, 0.6) is 0 Å². The number of nitrogens with zero attached hydrogens (tertiary/aromatic N) is 1. The summed E-state index contributed by atoms with van der Waals surface area (Å²) in [5.41, 5.74) is 2.30. The standard InChI is InChI=1S/C15H25ClN2O/c1-11(2)17-9-13-14(16)7-6-8-15(13)18(4)12(3)10-19-5/h6-8,11-12,17H,9-10H2,1-5H3. The van der Waals surface area contributed by atoms with Crippen LogP contribution in [0.1, 0.15) is 26.3 Å². The van der Waals surface area contributed by atoms with Gasteiger partial charge in [0.25, 0.3) is 0 Å². The van der Waals surface area contributed by atoms with Crippen LogP contribution in [0.3, 0.4) is 0 Å². The largest absolute Gasteiger partial charge is 0.383 e. The van der Waals surface area contributed by atoms with Crippen LogP contribution in [-0.4, -0.2) is 32.8 Å². The highest BCUT2D eigenvalue weighted by Crippen LogP contribution is 2.28. The van der Waals surface area contributed by atoms with Gasteiger partial charge in [-0.2, -0.15) is 0 Å². The maximum atomic E-state index is 6.34. The first-order chi connectivity index (χ1) is 8.97. The molecule has 0 aromatic heterocycles. The van der Waals surface area contributed by atoms with Crippen molar-refractivity contribution in [2.75, 3.05) is 25.7 Å². The molecule has 1 N–H and O–H groups in total. The first-order valence-electron chi connectivity index (χ1n) is 6.70. The molecule has 108 valence electrons. The summed E-state index contributed by atoms with van der Waals surface area (Å²) in [6.07, 6.45) is 0. The van der Waals surface area contributed by atoms with Crippen LogP contribution < -0.4 is 10.2 Å². The van der Waals surface area contributed by atoms with Crippen LogP contribution in [0.25, 0.3) is 0 Å². The Kier molecular flexibility index (Phi) is 6.63. The number of ether oxygens (including phenoxy) is 1. The molecule has 19 heavy (non-hydrogen) atoms. The van der Waals surface area contributed by atoms with Crippen molar-refractivity contribution in [3.05, 3.63) is 28.8 Å². The van der Waals surface area contributed by atoms with Crippen molar-refractivity contribution in [2.45, 2.75) is 39.4 Å². The Labute approximate surface area is 121 Å². The number of hydrogen-bond acceptors (Lipinski definition) is 3. The van der Waals surface area contributed by atoms with Crippen molar-refractivity contribution < 1.29 is 4.74 Å². The number of likely N-dealkylation sites (N-methyl/N-ethyl adjacent to an activating group) is 1. The van der Waals surface area contributed by atoms with Gasteiger partial charge in [-0.25, -0.2) is 0 Å². The summed E-state index contributed by atoms with van der Waals surface area (Å²) in [4.78, 5) is 2.22. The molecule has 4 heteroatoms. The van der Waals surface area contributed by atoms with E-state index in [0.29, 0.717) is 18.7 Å². The maximum Gasteiger partial charge on any atom is 0.0663 e. The van der Waals surface area contributed by atoms with Crippen LogP contribution >= 0.6 is 11.6 Å². The summed E-state index contributed by atoms with van der Waals surface area (Å²) in [6, 6.07) is 6.78. The van der Waals surface area contributed by atoms with Crippen LogP contribution in [0.4, 0.5) is 5.69 Å². The average molecular weight is 285 g/mol. The minimum absolute atomic E-state index is 0.307. The second-order valence-corrected chi connectivity index (χ2v) is 5.60. The van der Waals surface area contributed by atoms with Gasteiger partial charge in [-0.1, -0.05) is 31.5 Å². The molecule has 3 nitrogen and oxygen atoms in total. The van der Waals surface area contributed by atoms with Gasteiger partial charge >= 0.3 is 0 Å². The summed E-state index contributed by atoms with van der Waals surface area (Å²) >= 11 is 6.34. The van der Waals surface area contributed by atoms with Gasteiger partial charge in [-0.15, -0.1) is 0 Å². The lowest BCUT2D eigenvalue weighted by Crippen LogP contribution is -2.34. The van der Waals surface area contributed by atoms with E-state index in [4.69, 9.17) is 16.3 Å². The minimum Gasteiger partial charge on any atom is -0.383 e. The molecule has 0 aliphatic rings. The Bertz CT molecular complexity index is 396. The lowest BCUT2D eigenvalue weighted by Gasteiger charge is -2.29. The van der Waals surface area contributed by atoms with Gasteiger partial charge in [-0.05, 0) is 19.1 Å². The molecule has 0 aliphatic carbocycles. The number of methoxy groups -OCH3 is 1. The molecule has 0 aliphatic heterocycles. The van der Waals surface area contributed by atoms with Crippen molar-refractivity contribution in [3.8, 4) is 0 Å². The third-order valence-electron chi connectivity index (χ3n) is 3.23. The molecule has 0 amide bonds. The Hall–Kier alpha value is -0.770. The number of anilines is 1. The fourth-order valence-corrected chi connectivity index (χ4v) is 2.19. The predicted molar refractivity (Wildman–Crippen MR) is 83.2 cm³/mol. The molecule has 1 unspecified atom stereocenters. The SMILES string of the molecule is COCC(C)N(C)c1cccc(Cl)c1CNC(C)C. The molecule has 0 bridgehead atoms. The van der Waals surface area contributed by atoms with E-state index >= 15 is 0 Å². The lowest BCUT2D eigenvalue weighted by atomic mass is 10.1. The van der Waals surface area contributed by atoms with E-state index in [1.165, 1.54) is 0 Å². The Morgan fingerprint density at radius 1 is 1.32 bits per heavy atom. The van der Waals surface area contributed by atoms with Crippen LogP contribution in [0.2, 0.25) is 5.02 Å². The summed E-state index contributed by atoms with van der Waals surface area (Å²) in [5, 5.41) is 4.23. The zero-order valence-corrected chi connectivity index (χ0v) is 13.3. The minimum atomic E-state index is 0.307. The molecule has 0 radical (unpaired) electrons. The lowest BCUT2D eigenvalue weighted by molar-refractivity contribution is 0.183. The van der Waals surface area contributed by atoms with Gasteiger partial charge in [0.2, 0.25) is 0 Å². The fraction of sp³-hybridized carbons (Fsp3) is 0.600. The fourth-order valence-electron chi connectivity index (χ4n) is 1.95. The molecule has 1 aromatic rings.